The van der Waals surface area contributed by atoms with E-state index in [2.05, 4.69) is 62.1 Å². The third kappa shape index (κ3) is 5.42. The highest BCUT2D eigenvalue weighted by Crippen LogP contribution is 2.36. The van der Waals surface area contributed by atoms with Gasteiger partial charge in [0, 0.05) is 10.9 Å². The van der Waals surface area contributed by atoms with Crippen molar-refractivity contribution in [1.82, 2.24) is 0 Å². The van der Waals surface area contributed by atoms with E-state index in [0.29, 0.717) is 16.9 Å². The molecule has 166 valence electrons. The van der Waals surface area contributed by atoms with E-state index >= 15 is 4.39 Å². The lowest BCUT2D eigenvalue weighted by Gasteiger charge is -2.28. The van der Waals surface area contributed by atoms with Gasteiger partial charge in [0.1, 0.15) is 5.82 Å². The summed E-state index contributed by atoms with van der Waals surface area (Å²) in [7, 11) is 0. The van der Waals surface area contributed by atoms with Gasteiger partial charge in [-0.15, -0.1) is 0 Å². The predicted molar refractivity (Wildman–Crippen MR) is 135 cm³/mol. The second-order valence-corrected chi connectivity index (χ2v) is 9.44. The fourth-order valence-corrected chi connectivity index (χ4v) is 5.05. The normalized spacial score (nSPS) is 18.3. The maximum atomic E-state index is 15.1. The Bertz CT molecular complexity index is 1090. The Balaban J connectivity index is 1.46. The van der Waals surface area contributed by atoms with Gasteiger partial charge in [0.25, 0.3) is 0 Å². The zero-order valence-corrected chi connectivity index (χ0v) is 19.6. The molecule has 0 saturated heterocycles. The standard InChI is InChI=1S/C31H35F/c1-3-5-6-7-25-13-21-30-29(22-25)20-19-28(31(30)32)18-12-24-10-16-27(17-11-24)26-14-8-23(4-2)9-15-26/h10-11,13,16-17,19-23,26H,3-9,14-15H2,1-2H3. The maximum absolute atomic E-state index is 15.1. The molecule has 0 N–H and O–H groups in total. The van der Waals surface area contributed by atoms with Gasteiger partial charge in [0.2, 0.25) is 0 Å². The largest absolute Gasteiger partial charge is 0.205 e. The summed E-state index contributed by atoms with van der Waals surface area (Å²) in [5.41, 5.74) is 4.13. The van der Waals surface area contributed by atoms with Crippen LogP contribution >= 0.6 is 0 Å². The quantitative estimate of drug-likeness (QED) is 0.273. The fraction of sp³-hybridized carbons (Fsp3) is 0.419. The predicted octanol–water partition coefficient (Wildman–Crippen LogP) is 8.80. The number of unbranched alkanes of at least 4 members (excludes halogenated alkanes) is 2. The Hall–Kier alpha value is -2.59. The molecule has 0 bridgehead atoms. The van der Waals surface area contributed by atoms with E-state index in [9.17, 15) is 0 Å². The Morgan fingerprint density at radius 3 is 2.34 bits per heavy atom. The van der Waals surface area contributed by atoms with Crippen molar-refractivity contribution in [3.05, 3.63) is 82.7 Å². The first-order valence-corrected chi connectivity index (χ1v) is 12.5. The summed E-state index contributed by atoms with van der Waals surface area (Å²) in [5, 5.41) is 1.62. The first-order valence-electron chi connectivity index (χ1n) is 12.5. The molecule has 0 nitrogen and oxygen atoms in total. The van der Waals surface area contributed by atoms with Crippen molar-refractivity contribution in [2.75, 3.05) is 0 Å². The number of halogens is 1. The van der Waals surface area contributed by atoms with Crippen molar-refractivity contribution >= 4 is 10.8 Å². The molecule has 1 aliphatic rings. The van der Waals surface area contributed by atoms with Crippen molar-refractivity contribution in [1.29, 1.82) is 0 Å². The summed E-state index contributed by atoms with van der Waals surface area (Å²) >= 11 is 0. The maximum Gasteiger partial charge on any atom is 0.146 e. The van der Waals surface area contributed by atoms with Gasteiger partial charge in [0.05, 0.1) is 5.56 Å². The molecule has 3 aromatic rings. The second kappa shape index (κ2) is 10.8. The van der Waals surface area contributed by atoms with Crippen LogP contribution in [-0.4, -0.2) is 0 Å². The fourth-order valence-electron chi connectivity index (χ4n) is 5.05. The van der Waals surface area contributed by atoms with Crippen molar-refractivity contribution < 1.29 is 4.39 Å². The molecule has 0 unspecified atom stereocenters. The van der Waals surface area contributed by atoms with Gasteiger partial charge < -0.3 is 0 Å². The SMILES string of the molecule is CCCCCc1ccc2c(F)c(C#Cc3ccc(C4CCC(CC)CC4)cc3)ccc2c1. The number of rotatable bonds is 6. The average Bonchev–Trinajstić information content (AvgIpc) is 2.84. The molecule has 0 amide bonds. The first-order chi connectivity index (χ1) is 15.7. The number of hydrogen-bond donors (Lipinski definition) is 0. The van der Waals surface area contributed by atoms with Crippen LogP contribution in [0.2, 0.25) is 0 Å². The second-order valence-electron chi connectivity index (χ2n) is 9.44. The number of aryl methyl sites for hydroxylation is 1. The third-order valence-corrected chi connectivity index (χ3v) is 7.24. The number of hydrogen-bond acceptors (Lipinski definition) is 0. The lowest BCUT2D eigenvalue weighted by molar-refractivity contribution is 0.319. The first kappa shape index (κ1) is 22.6. The zero-order valence-electron chi connectivity index (χ0n) is 19.6. The Labute approximate surface area is 193 Å². The minimum atomic E-state index is -0.209. The van der Waals surface area contributed by atoms with Crippen LogP contribution in [0.1, 0.15) is 93.4 Å². The molecule has 4 rings (SSSR count). The van der Waals surface area contributed by atoms with E-state index < -0.39 is 0 Å². The van der Waals surface area contributed by atoms with Gasteiger partial charge in [-0.2, -0.15) is 0 Å². The van der Waals surface area contributed by atoms with Crippen LogP contribution in [-0.2, 0) is 6.42 Å². The highest BCUT2D eigenvalue weighted by molar-refractivity contribution is 5.85. The van der Waals surface area contributed by atoms with E-state index in [1.54, 1.807) is 0 Å². The van der Waals surface area contributed by atoms with E-state index in [0.717, 1.165) is 23.3 Å². The molecular formula is C31H35F. The minimum absolute atomic E-state index is 0.209. The van der Waals surface area contributed by atoms with Crippen LogP contribution in [0.3, 0.4) is 0 Å². The summed E-state index contributed by atoms with van der Waals surface area (Å²) in [4.78, 5) is 0. The molecule has 1 aliphatic carbocycles. The average molecular weight is 427 g/mol. The molecule has 1 fully saturated rings. The van der Waals surface area contributed by atoms with E-state index in [1.807, 2.05) is 18.2 Å². The molecule has 0 atom stereocenters. The number of benzene rings is 3. The molecule has 0 spiro atoms. The van der Waals surface area contributed by atoms with Gasteiger partial charge in [-0.3, -0.25) is 0 Å². The summed E-state index contributed by atoms with van der Waals surface area (Å²) in [6.45, 7) is 4.52. The van der Waals surface area contributed by atoms with Gasteiger partial charge >= 0.3 is 0 Å². The molecular weight excluding hydrogens is 391 g/mol. The van der Waals surface area contributed by atoms with Crippen molar-refractivity contribution in [2.45, 2.75) is 77.6 Å². The van der Waals surface area contributed by atoms with E-state index in [1.165, 1.54) is 62.5 Å². The zero-order chi connectivity index (χ0) is 22.3. The van der Waals surface area contributed by atoms with Crippen LogP contribution in [0.5, 0.6) is 0 Å². The monoisotopic (exact) mass is 426 g/mol. The molecule has 1 saturated carbocycles. The lowest BCUT2D eigenvalue weighted by atomic mass is 9.78. The smallest absolute Gasteiger partial charge is 0.146 e. The molecule has 0 aliphatic heterocycles. The summed E-state index contributed by atoms with van der Waals surface area (Å²) in [6, 6.07) is 18.5. The lowest BCUT2D eigenvalue weighted by Crippen LogP contribution is -2.12. The molecule has 0 aromatic heterocycles. The van der Waals surface area contributed by atoms with Crippen LogP contribution in [0, 0.1) is 23.6 Å². The van der Waals surface area contributed by atoms with Crippen molar-refractivity contribution in [3.8, 4) is 11.8 Å². The Morgan fingerprint density at radius 2 is 1.62 bits per heavy atom. The molecule has 1 heteroatoms. The number of fused-ring (bicyclic) bond motifs is 1. The highest BCUT2D eigenvalue weighted by atomic mass is 19.1. The summed E-state index contributed by atoms with van der Waals surface area (Å²) < 4.78 is 15.1. The van der Waals surface area contributed by atoms with E-state index in [-0.39, 0.29) is 5.82 Å². The molecule has 0 heterocycles. The summed E-state index contributed by atoms with van der Waals surface area (Å²) in [5.74, 6) is 7.63. The van der Waals surface area contributed by atoms with Crippen molar-refractivity contribution in [3.63, 3.8) is 0 Å². The van der Waals surface area contributed by atoms with Crippen LogP contribution in [0.25, 0.3) is 10.8 Å². The highest BCUT2D eigenvalue weighted by Gasteiger charge is 2.21. The van der Waals surface area contributed by atoms with Crippen LogP contribution < -0.4 is 0 Å². The third-order valence-electron chi connectivity index (χ3n) is 7.24. The topological polar surface area (TPSA) is 0 Å². The van der Waals surface area contributed by atoms with E-state index in [4.69, 9.17) is 0 Å². The molecule has 0 radical (unpaired) electrons. The van der Waals surface area contributed by atoms with Gasteiger partial charge in [-0.25, -0.2) is 4.39 Å². The van der Waals surface area contributed by atoms with Gasteiger partial charge in [0.15, 0.2) is 0 Å². The summed E-state index contributed by atoms with van der Waals surface area (Å²) in [6.07, 6.45) is 11.3. The Morgan fingerprint density at radius 1 is 0.844 bits per heavy atom. The Kier molecular flexibility index (Phi) is 7.64. The van der Waals surface area contributed by atoms with Gasteiger partial charge in [-0.1, -0.05) is 81.3 Å². The van der Waals surface area contributed by atoms with Crippen LogP contribution in [0.15, 0.2) is 54.6 Å². The molecule has 32 heavy (non-hydrogen) atoms. The van der Waals surface area contributed by atoms with Crippen molar-refractivity contribution in [2.24, 2.45) is 5.92 Å². The molecule has 3 aromatic carbocycles. The van der Waals surface area contributed by atoms with Crippen LogP contribution in [0.4, 0.5) is 4.39 Å². The minimum Gasteiger partial charge on any atom is -0.205 e. The van der Waals surface area contributed by atoms with Gasteiger partial charge in [-0.05, 0) is 85.1 Å².